The highest BCUT2D eigenvalue weighted by Crippen LogP contribution is 2.34. The molecule has 0 spiro atoms. The Labute approximate surface area is 198 Å². The number of nitrogens with one attached hydrogen (secondary N) is 1. The van der Waals surface area contributed by atoms with E-state index in [0.29, 0.717) is 22.0 Å². The van der Waals surface area contributed by atoms with Crippen molar-refractivity contribution in [3.63, 3.8) is 0 Å². The second-order valence-corrected chi connectivity index (χ2v) is 9.13. The number of para-hydroxylation sites is 2. The standard InChI is InChI=1S/C24H21N5O2S2/c1-3-16-8-4-7-11-21(16)29(15(2)30)23-26-17(13-32-23)14-33-24-28-27-22(31-24)19-12-25-20-10-6-5-9-18(19)20/h4-13,25H,3,14H2,1-2H3. The molecular formula is C24H21N5O2S2. The van der Waals surface area contributed by atoms with Gasteiger partial charge in [-0.15, -0.1) is 21.5 Å². The summed E-state index contributed by atoms with van der Waals surface area (Å²) in [6.07, 6.45) is 2.72. The molecule has 9 heteroatoms. The highest BCUT2D eigenvalue weighted by molar-refractivity contribution is 7.98. The zero-order valence-electron chi connectivity index (χ0n) is 18.1. The lowest BCUT2D eigenvalue weighted by Gasteiger charge is -2.20. The van der Waals surface area contributed by atoms with E-state index in [9.17, 15) is 4.79 Å². The van der Waals surface area contributed by atoms with Gasteiger partial charge in [0, 0.05) is 35.2 Å². The monoisotopic (exact) mass is 475 g/mol. The minimum atomic E-state index is -0.0651. The number of aromatic amines is 1. The number of fused-ring (bicyclic) bond motifs is 1. The minimum absolute atomic E-state index is 0.0651. The lowest BCUT2D eigenvalue weighted by atomic mass is 10.1. The van der Waals surface area contributed by atoms with Crippen LogP contribution in [0.3, 0.4) is 0 Å². The summed E-state index contributed by atoms with van der Waals surface area (Å²) in [5.74, 6) is 0.977. The molecule has 0 unspecified atom stereocenters. The third kappa shape index (κ3) is 4.29. The van der Waals surface area contributed by atoms with E-state index in [1.165, 1.54) is 23.1 Å². The van der Waals surface area contributed by atoms with Gasteiger partial charge in [0.15, 0.2) is 5.13 Å². The molecule has 0 bridgehead atoms. The van der Waals surface area contributed by atoms with Crippen molar-refractivity contribution >= 4 is 50.7 Å². The number of aryl methyl sites for hydroxylation is 1. The molecule has 2 aromatic carbocycles. The van der Waals surface area contributed by atoms with E-state index in [1.807, 2.05) is 60.1 Å². The SMILES string of the molecule is CCc1ccccc1N(C(C)=O)c1nc(CSc2nnc(-c3c[nH]c4ccccc34)o2)cs1. The fraction of sp³-hybridized carbons (Fsp3) is 0.167. The molecule has 0 aliphatic carbocycles. The van der Waals surface area contributed by atoms with Crippen LogP contribution >= 0.6 is 23.1 Å². The topological polar surface area (TPSA) is 87.9 Å². The molecule has 3 aromatic heterocycles. The van der Waals surface area contributed by atoms with Crippen molar-refractivity contribution in [2.45, 2.75) is 31.2 Å². The molecule has 0 fully saturated rings. The smallest absolute Gasteiger partial charge is 0.277 e. The van der Waals surface area contributed by atoms with Crippen molar-refractivity contribution in [3.8, 4) is 11.5 Å². The molecule has 166 valence electrons. The lowest BCUT2D eigenvalue weighted by molar-refractivity contribution is -0.115. The van der Waals surface area contributed by atoms with Crippen LogP contribution in [0.1, 0.15) is 25.1 Å². The Hall–Kier alpha value is -3.43. The van der Waals surface area contributed by atoms with Crippen LogP contribution in [0.4, 0.5) is 10.8 Å². The fourth-order valence-corrected chi connectivity index (χ4v) is 5.30. The van der Waals surface area contributed by atoms with Crippen molar-refractivity contribution in [1.29, 1.82) is 0 Å². The Morgan fingerprint density at radius 1 is 1.15 bits per heavy atom. The maximum absolute atomic E-state index is 12.5. The van der Waals surface area contributed by atoms with Crippen molar-refractivity contribution in [1.82, 2.24) is 20.2 Å². The van der Waals surface area contributed by atoms with Gasteiger partial charge in [0.2, 0.25) is 5.91 Å². The first-order valence-corrected chi connectivity index (χ1v) is 12.4. The van der Waals surface area contributed by atoms with Crippen LogP contribution in [0, 0.1) is 0 Å². The first-order valence-electron chi connectivity index (χ1n) is 10.5. The van der Waals surface area contributed by atoms with E-state index in [0.717, 1.165) is 39.8 Å². The predicted octanol–water partition coefficient (Wildman–Crippen LogP) is 6.21. The zero-order chi connectivity index (χ0) is 22.8. The van der Waals surface area contributed by atoms with E-state index >= 15 is 0 Å². The number of H-pyrrole nitrogens is 1. The maximum Gasteiger partial charge on any atom is 0.277 e. The van der Waals surface area contributed by atoms with Crippen molar-refractivity contribution < 1.29 is 9.21 Å². The number of thioether (sulfide) groups is 1. The van der Waals surface area contributed by atoms with Gasteiger partial charge in [-0.25, -0.2) is 4.98 Å². The van der Waals surface area contributed by atoms with Crippen LogP contribution in [0.5, 0.6) is 0 Å². The van der Waals surface area contributed by atoms with Crippen molar-refractivity contribution in [3.05, 3.63) is 71.4 Å². The summed E-state index contributed by atoms with van der Waals surface area (Å²) in [4.78, 5) is 22.1. The first kappa shape index (κ1) is 21.4. The van der Waals surface area contributed by atoms with E-state index in [-0.39, 0.29) is 5.91 Å². The molecule has 5 rings (SSSR count). The molecule has 0 saturated carbocycles. The molecular weight excluding hydrogens is 454 g/mol. The first-order chi connectivity index (χ1) is 16.1. The molecule has 33 heavy (non-hydrogen) atoms. The minimum Gasteiger partial charge on any atom is -0.411 e. The molecule has 0 atom stereocenters. The maximum atomic E-state index is 12.5. The number of amides is 1. The van der Waals surface area contributed by atoms with Crippen molar-refractivity contribution in [2.75, 3.05) is 4.90 Å². The average molecular weight is 476 g/mol. The number of nitrogens with zero attached hydrogens (tertiary/aromatic N) is 4. The molecule has 0 aliphatic rings. The van der Waals surface area contributed by atoms with Gasteiger partial charge in [0.1, 0.15) is 0 Å². The largest absolute Gasteiger partial charge is 0.411 e. The van der Waals surface area contributed by atoms with Gasteiger partial charge in [-0.2, -0.15) is 0 Å². The summed E-state index contributed by atoms with van der Waals surface area (Å²) in [6.45, 7) is 3.64. The molecule has 0 aliphatic heterocycles. The number of hydrogen-bond donors (Lipinski definition) is 1. The zero-order valence-corrected chi connectivity index (χ0v) is 19.7. The molecule has 1 amide bonds. The summed E-state index contributed by atoms with van der Waals surface area (Å²) in [6, 6.07) is 15.9. The Morgan fingerprint density at radius 2 is 1.97 bits per heavy atom. The summed E-state index contributed by atoms with van der Waals surface area (Å²) >= 11 is 2.87. The van der Waals surface area contributed by atoms with Crippen molar-refractivity contribution in [2.24, 2.45) is 0 Å². The number of aromatic nitrogens is 4. The number of carbonyl (C=O) groups is 1. The summed E-state index contributed by atoms with van der Waals surface area (Å²) in [5.41, 5.74) is 4.74. The number of rotatable bonds is 7. The average Bonchev–Trinajstić information content (AvgIpc) is 3.57. The Morgan fingerprint density at radius 3 is 2.82 bits per heavy atom. The number of thiazole rings is 1. The predicted molar refractivity (Wildman–Crippen MR) is 132 cm³/mol. The summed E-state index contributed by atoms with van der Waals surface area (Å²) < 4.78 is 5.88. The van der Waals surface area contributed by atoms with Crippen LogP contribution in [-0.4, -0.2) is 26.1 Å². The van der Waals surface area contributed by atoms with Gasteiger partial charge >= 0.3 is 0 Å². The van der Waals surface area contributed by atoms with E-state index in [4.69, 9.17) is 9.40 Å². The number of hydrogen-bond acceptors (Lipinski definition) is 7. The third-order valence-corrected chi connectivity index (χ3v) is 6.96. The Bertz CT molecular complexity index is 1420. The van der Waals surface area contributed by atoms with Gasteiger partial charge in [-0.3, -0.25) is 9.69 Å². The highest BCUT2D eigenvalue weighted by Gasteiger charge is 2.20. The molecule has 7 nitrogen and oxygen atoms in total. The van der Waals surface area contributed by atoms with Crippen LogP contribution < -0.4 is 4.90 Å². The van der Waals surface area contributed by atoms with E-state index in [2.05, 4.69) is 22.1 Å². The van der Waals surface area contributed by atoms with Crippen LogP contribution in [0.2, 0.25) is 0 Å². The summed E-state index contributed by atoms with van der Waals surface area (Å²) in [7, 11) is 0. The van der Waals surface area contributed by atoms with Crippen LogP contribution in [0.15, 0.2) is 69.7 Å². The molecule has 5 aromatic rings. The van der Waals surface area contributed by atoms with Crippen LogP contribution in [0.25, 0.3) is 22.4 Å². The summed E-state index contributed by atoms with van der Waals surface area (Å²) in [5, 5.41) is 12.5. The molecule has 0 radical (unpaired) electrons. The van der Waals surface area contributed by atoms with Gasteiger partial charge in [0.05, 0.1) is 16.9 Å². The second kappa shape index (κ2) is 9.21. The van der Waals surface area contributed by atoms with E-state index in [1.54, 1.807) is 11.8 Å². The fourth-order valence-electron chi connectivity index (χ4n) is 3.66. The molecule has 0 saturated heterocycles. The third-order valence-electron chi connectivity index (χ3n) is 5.23. The number of carbonyl (C=O) groups excluding carboxylic acids is 1. The lowest BCUT2D eigenvalue weighted by Crippen LogP contribution is -2.23. The number of anilines is 2. The molecule has 3 heterocycles. The second-order valence-electron chi connectivity index (χ2n) is 7.37. The highest BCUT2D eigenvalue weighted by atomic mass is 32.2. The quantitative estimate of drug-likeness (QED) is 0.281. The normalized spacial score (nSPS) is 11.2. The number of benzene rings is 2. The van der Waals surface area contributed by atoms with Gasteiger partial charge in [-0.05, 0) is 24.1 Å². The van der Waals surface area contributed by atoms with E-state index < -0.39 is 0 Å². The van der Waals surface area contributed by atoms with Gasteiger partial charge in [0.25, 0.3) is 11.1 Å². The van der Waals surface area contributed by atoms with Gasteiger partial charge in [-0.1, -0.05) is 55.1 Å². The Balaban J connectivity index is 1.32. The Kier molecular flexibility index (Phi) is 5.97. The molecule has 1 N–H and O–H groups in total. The van der Waals surface area contributed by atoms with Crippen LogP contribution in [-0.2, 0) is 17.0 Å². The van der Waals surface area contributed by atoms with Gasteiger partial charge < -0.3 is 9.40 Å².